The number of anilines is 1. The fourth-order valence-corrected chi connectivity index (χ4v) is 5.54. The number of hydrogen-bond acceptors (Lipinski definition) is 4. The third-order valence-corrected chi connectivity index (χ3v) is 8.30. The van der Waals surface area contributed by atoms with Gasteiger partial charge in [0.2, 0.25) is 11.8 Å². The summed E-state index contributed by atoms with van der Waals surface area (Å²) in [4.78, 5) is 27.6. The van der Waals surface area contributed by atoms with E-state index in [1.54, 1.807) is 38.1 Å². The molecule has 3 aromatic carbocycles. The summed E-state index contributed by atoms with van der Waals surface area (Å²) < 4.78 is 29.4. The highest BCUT2D eigenvalue weighted by Crippen LogP contribution is 2.28. The molecule has 0 heterocycles. The molecule has 0 saturated carbocycles. The van der Waals surface area contributed by atoms with E-state index in [1.165, 1.54) is 36.2 Å². The zero-order valence-corrected chi connectivity index (χ0v) is 23.3. The van der Waals surface area contributed by atoms with E-state index in [4.69, 9.17) is 11.6 Å². The molecule has 2 amide bonds. The Balaban J connectivity index is 2.04. The SMILES string of the molecule is CNC(=O)C(C)N(Cc1ccc(Br)cc1)C(=O)CN(c1ccccc1C)S(=O)(=O)c1ccc(Cl)cc1. The van der Waals surface area contributed by atoms with Gasteiger partial charge in [-0.2, -0.15) is 0 Å². The standard InChI is InChI=1S/C26H27BrClN3O4S/c1-18-6-4-5-7-24(18)31(36(34,35)23-14-12-22(28)13-15-23)17-25(32)30(19(2)26(33)29-3)16-20-8-10-21(27)11-9-20/h4-15,19H,16-17H2,1-3H3,(H,29,33). The van der Waals surface area contributed by atoms with E-state index in [-0.39, 0.29) is 17.3 Å². The van der Waals surface area contributed by atoms with Crippen LogP contribution >= 0.6 is 27.5 Å². The molecule has 0 radical (unpaired) electrons. The maximum absolute atomic E-state index is 13.7. The number of carbonyl (C=O) groups is 2. The second-order valence-corrected chi connectivity index (χ2v) is 11.4. The molecule has 0 spiro atoms. The van der Waals surface area contributed by atoms with Crippen LogP contribution in [-0.4, -0.2) is 44.8 Å². The fraction of sp³-hybridized carbons (Fsp3) is 0.231. The molecule has 1 unspecified atom stereocenters. The van der Waals surface area contributed by atoms with Crippen molar-refractivity contribution in [3.05, 3.63) is 93.4 Å². The van der Waals surface area contributed by atoms with Crippen molar-refractivity contribution >= 4 is 55.1 Å². The maximum Gasteiger partial charge on any atom is 0.264 e. The summed E-state index contributed by atoms with van der Waals surface area (Å²) in [6, 6.07) is 19.2. The Kier molecular flexibility index (Phi) is 9.16. The minimum Gasteiger partial charge on any atom is -0.357 e. The molecule has 7 nitrogen and oxygen atoms in total. The summed E-state index contributed by atoms with van der Waals surface area (Å²) in [7, 11) is -2.64. The smallest absolute Gasteiger partial charge is 0.264 e. The first-order chi connectivity index (χ1) is 17.0. The molecular formula is C26H27BrClN3O4S. The van der Waals surface area contributed by atoms with Crippen molar-refractivity contribution < 1.29 is 18.0 Å². The van der Waals surface area contributed by atoms with E-state index < -0.39 is 28.5 Å². The van der Waals surface area contributed by atoms with Gasteiger partial charge in [-0.3, -0.25) is 13.9 Å². The predicted octanol–water partition coefficient (Wildman–Crippen LogP) is 4.77. The lowest BCUT2D eigenvalue weighted by molar-refractivity contribution is -0.139. The zero-order chi connectivity index (χ0) is 26.5. The molecule has 3 rings (SSSR count). The van der Waals surface area contributed by atoms with Crippen LogP contribution in [0.2, 0.25) is 5.02 Å². The number of amides is 2. The van der Waals surface area contributed by atoms with Gasteiger partial charge in [-0.15, -0.1) is 0 Å². The number of halogens is 2. The molecule has 0 fully saturated rings. The molecule has 190 valence electrons. The lowest BCUT2D eigenvalue weighted by atomic mass is 10.1. The summed E-state index contributed by atoms with van der Waals surface area (Å²) in [5.74, 6) is -0.877. The molecular weight excluding hydrogens is 566 g/mol. The second kappa shape index (κ2) is 11.9. The zero-order valence-electron chi connectivity index (χ0n) is 20.1. The number of hydrogen-bond donors (Lipinski definition) is 1. The van der Waals surface area contributed by atoms with E-state index in [0.29, 0.717) is 16.3 Å². The van der Waals surface area contributed by atoms with Gasteiger partial charge in [0.1, 0.15) is 12.6 Å². The van der Waals surface area contributed by atoms with Crippen molar-refractivity contribution in [3.8, 4) is 0 Å². The first kappa shape index (κ1) is 27.7. The van der Waals surface area contributed by atoms with E-state index in [2.05, 4.69) is 21.2 Å². The highest BCUT2D eigenvalue weighted by atomic mass is 79.9. The molecule has 1 atom stereocenters. The molecule has 0 aliphatic rings. The number of carbonyl (C=O) groups excluding carboxylic acids is 2. The van der Waals surface area contributed by atoms with Crippen molar-refractivity contribution in [1.82, 2.24) is 10.2 Å². The van der Waals surface area contributed by atoms with Crippen LogP contribution in [0.4, 0.5) is 5.69 Å². The molecule has 0 aliphatic heterocycles. The minimum absolute atomic E-state index is 0.00163. The fourth-order valence-electron chi connectivity index (χ4n) is 3.67. The Morgan fingerprint density at radius 2 is 1.61 bits per heavy atom. The van der Waals surface area contributed by atoms with Gasteiger partial charge >= 0.3 is 0 Å². The van der Waals surface area contributed by atoms with Crippen LogP contribution in [0, 0.1) is 6.92 Å². The van der Waals surface area contributed by atoms with Crippen molar-refractivity contribution in [2.75, 3.05) is 17.9 Å². The summed E-state index contributed by atoms with van der Waals surface area (Å²) in [5, 5.41) is 2.96. The summed E-state index contributed by atoms with van der Waals surface area (Å²) in [6.45, 7) is 3.02. The predicted molar refractivity (Wildman–Crippen MR) is 145 cm³/mol. The molecule has 0 saturated heterocycles. The van der Waals surface area contributed by atoms with Crippen molar-refractivity contribution in [2.24, 2.45) is 0 Å². The van der Waals surface area contributed by atoms with Crippen LogP contribution in [0.3, 0.4) is 0 Å². The summed E-state index contributed by atoms with van der Waals surface area (Å²) in [5.41, 5.74) is 1.85. The second-order valence-electron chi connectivity index (χ2n) is 8.19. The number of sulfonamides is 1. The quantitative estimate of drug-likeness (QED) is 0.388. The number of rotatable bonds is 9. The highest BCUT2D eigenvalue weighted by Gasteiger charge is 2.32. The number of nitrogens with one attached hydrogen (secondary N) is 1. The minimum atomic E-state index is -4.13. The first-order valence-electron chi connectivity index (χ1n) is 11.1. The number of benzene rings is 3. The van der Waals surface area contributed by atoms with Gasteiger partial charge < -0.3 is 10.2 Å². The monoisotopic (exact) mass is 591 g/mol. The Bertz CT molecular complexity index is 1330. The normalized spacial score (nSPS) is 12.0. The van der Waals surface area contributed by atoms with Crippen LogP contribution in [0.1, 0.15) is 18.1 Å². The lowest BCUT2D eigenvalue weighted by Crippen LogP contribution is -2.50. The lowest BCUT2D eigenvalue weighted by Gasteiger charge is -2.32. The van der Waals surface area contributed by atoms with Crippen molar-refractivity contribution in [2.45, 2.75) is 31.3 Å². The largest absolute Gasteiger partial charge is 0.357 e. The Morgan fingerprint density at radius 3 is 2.19 bits per heavy atom. The van der Waals surface area contributed by atoms with E-state index in [1.807, 2.05) is 24.3 Å². The number of para-hydroxylation sites is 1. The van der Waals surface area contributed by atoms with Crippen LogP contribution in [-0.2, 0) is 26.2 Å². The van der Waals surface area contributed by atoms with Gasteiger partial charge in [0.15, 0.2) is 0 Å². The van der Waals surface area contributed by atoms with Crippen molar-refractivity contribution in [3.63, 3.8) is 0 Å². The van der Waals surface area contributed by atoms with Crippen LogP contribution in [0.15, 0.2) is 82.2 Å². The van der Waals surface area contributed by atoms with Crippen LogP contribution in [0.5, 0.6) is 0 Å². The number of nitrogens with zero attached hydrogens (tertiary/aromatic N) is 2. The third-order valence-electron chi connectivity index (χ3n) is 5.74. The average Bonchev–Trinajstić information content (AvgIpc) is 2.86. The molecule has 0 bridgehead atoms. The maximum atomic E-state index is 13.7. The van der Waals surface area contributed by atoms with Gasteiger partial charge in [-0.05, 0) is 67.4 Å². The molecule has 0 aliphatic carbocycles. The van der Waals surface area contributed by atoms with Crippen LogP contribution < -0.4 is 9.62 Å². The molecule has 10 heteroatoms. The van der Waals surface area contributed by atoms with Crippen molar-refractivity contribution in [1.29, 1.82) is 0 Å². The first-order valence-corrected chi connectivity index (χ1v) is 13.7. The van der Waals surface area contributed by atoms with Gasteiger partial charge in [-0.1, -0.05) is 57.9 Å². The van der Waals surface area contributed by atoms with Gasteiger partial charge in [0, 0.05) is 23.1 Å². The molecule has 3 aromatic rings. The summed E-state index contributed by atoms with van der Waals surface area (Å²) in [6.07, 6.45) is 0. The number of likely N-dealkylation sites (N-methyl/N-ethyl adjacent to an activating group) is 1. The molecule has 36 heavy (non-hydrogen) atoms. The Hall–Kier alpha value is -2.88. The van der Waals surface area contributed by atoms with E-state index in [9.17, 15) is 18.0 Å². The van der Waals surface area contributed by atoms with Gasteiger partial charge in [-0.25, -0.2) is 8.42 Å². The third kappa shape index (κ3) is 6.46. The Morgan fingerprint density at radius 1 is 1.00 bits per heavy atom. The van der Waals surface area contributed by atoms with E-state index in [0.717, 1.165) is 14.3 Å². The highest BCUT2D eigenvalue weighted by molar-refractivity contribution is 9.10. The topological polar surface area (TPSA) is 86.8 Å². The average molecular weight is 593 g/mol. The van der Waals surface area contributed by atoms with E-state index >= 15 is 0 Å². The molecule has 1 N–H and O–H groups in total. The van der Waals surface area contributed by atoms with Crippen LogP contribution in [0.25, 0.3) is 0 Å². The van der Waals surface area contributed by atoms with Gasteiger partial charge in [0.05, 0.1) is 10.6 Å². The number of aryl methyl sites for hydroxylation is 1. The van der Waals surface area contributed by atoms with Gasteiger partial charge in [0.25, 0.3) is 10.0 Å². The Labute approximate surface area is 225 Å². The summed E-state index contributed by atoms with van der Waals surface area (Å²) >= 11 is 9.36. The molecule has 0 aromatic heterocycles.